The number of rotatable bonds is 7. The number of nitrogens with one attached hydrogen (secondary N) is 2. The van der Waals surface area contributed by atoms with Crippen molar-refractivity contribution in [2.24, 2.45) is 0 Å². The third kappa shape index (κ3) is 4.95. The van der Waals surface area contributed by atoms with Gasteiger partial charge in [-0.1, -0.05) is 19.1 Å². The summed E-state index contributed by atoms with van der Waals surface area (Å²) in [5, 5.41) is 5.37. The van der Waals surface area contributed by atoms with Gasteiger partial charge in [0.1, 0.15) is 0 Å². The molecule has 0 aliphatic heterocycles. The van der Waals surface area contributed by atoms with Crippen LogP contribution in [0.3, 0.4) is 0 Å². The molecule has 2 N–H and O–H groups in total. The monoisotopic (exact) mass is 358 g/mol. The Bertz CT molecular complexity index is 783. The first-order valence-corrected chi connectivity index (χ1v) is 8.33. The molecule has 0 bridgehead atoms. The lowest BCUT2D eigenvalue weighted by molar-refractivity contribution is -0.124. The molecule has 1 aromatic carbocycles. The summed E-state index contributed by atoms with van der Waals surface area (Å²) in [5.74, 6) is -1.42. The van der Waals surface area contributed by atoms with Crippen molar-refractivity contribution in [3.05, 3.63) is 53.5 Å². The largest absolute Gasteiger partial charge is 0.459 e. The molecule has 0 saturated carbocycles. The van der Waals surface area contributed by atoms with E-state index in [2.05, 4.69) is 10.6 Å². The van der Waals surface area contributed by atoms with Gasteiger partial charge in [0.15, 0.2) is 12.4 Å². The van der Waals surface area contributed by atoms with Crippen LogP contribution in [-0.4, -0.2) is 30.4 Å². The Labute approximate surface area is 151 Å². The van der Waals surface area contributed by atoms with Gasteiger partial charge in [-0.05, 0) is 44.0 Å². The van der Waals surface area contributed by atoms with Gasteiger partial charge in [-0.25, -0.2) is 4.79 Å². The SMILES string of the molecule is CC[C@@H](C)NC(=O)COC(=O)c1cccc(C)c1NC(=O)c1ccco1. The first kappa shape index (κ1) is 19.2. The van der Waals surface area contributed by atoms with E-state index in [1.165, 1.54) is 18.4 Å². The lowest BCUT2D eigenvalue weighted by Crippen LogP contribution is -2.35. The van der Waals surface area contributed by atoms with Crippen molar-refractivity contribution in [3.63, 3.8) is 0 Å². The van der Waals surface area contributed by atoms with Crippen molar-refractivity contribution >= 4 is 23.5 Å². The van der Waals surface area contributed by atoms with Crippen molar-refractivity contribution < 1.29 is 23.5 Å². The third-order valence-corrected chi connectivity index (χ3v) is 3.83. The molecule has 0 aliphatic carbocycles. The van der Waals surface area contributed by atoms with Crippen molar-refractivity contribution in [2.45, 2.75) is 33.2 Å². The molecule has 1 heterocycles. The fourth-order valence-corrected chi connectivity index (χ4v) is 2.21. The summed E-state index contributed by atoms with van der Waals surface area (Å²) in [5.41, 5.74) is 1.17. The number of amides is 2. The Balaban J connectivity index is 2.09. The van der Waals surface area contributed by atoms with Gasteiger partial charge in [-0.3, -0.25) is 9.59 Å². The Morgan fingerprint density at radius 1 is 1.19 bits per heavy atom. The van der Waals surface area contributed by atoms with E-state index in [9.17, 15) is 14.4 Å². The molecule has 7 nitrogen and oxygen atoms in total. The quantitative estimate of drug-likeness (QED) is 0.742. The number of ether oxygens (including phenoxy) is 1. The number of furan rings is 1. The molecule has 2 aromatic rings. The number of carbonyl (C=O) groups excluding carboxylic acids is 3. The van der Waals surface area contributed by atoms with Crippen molar-refractivity contribution in [3.8, 4) is 0 Å². The molecule has 1 aromatic heterocycles. The average Bonchev–Trinajstić information content (AvgIpc) is 3.16. The van der Waals surface area contributed by atoms with Crippen LogP contribution in [-0.2, 0) is 9.53 Å². The molecule has 138 valence electrons. The van der Waals surface area contributed by atoms with Gasteiger partial charge < -0.3 is 19.8 Å². The number of para-hydroxylation sites is 1. The van der Waals surface area contributed by atoms with E-state index in [1.54, 1.807) is 25.1 Å². The smallest absolute Gasteiger partial charge is 0.340 e. The zero-order valence-electron chi connectivity index (χ0n) is 15.0. The molecule has 0 aliphatic rings. The summed E-state index contributed by atoms with van der Waals surface area (Å²) in [4.78, 5) is 36.3. The van der Waals surface area contributed by atoms with Gasteiger partial charge in [-0.15, -0.1) is 0 Å². The van der Waals surface area contributed by atoms with Crippen molar-refractivity contribution in [2.75, 3.05) is 11.9 Å². The number of benzene rings is 1. The zero-order chi connectivity index (χ0) is 19.1. The molecule has 0 fully saturated rings. The second-order valence-corrected chi connectivity index (χ2v) is 5.88. The number of hydrogen-bond acceptors (Lipinski definition) is 5. The van der Waals surface area contributed by atoms with Crippen LogP contribution >= 0.6 is 0 Å². The van der Waals surface area contributed by atoms with Crippen molar-refractivity contribution in [1.29, 1.82) is 0 Å². The molecule has 2 amide bonds. The number of anilines is 1. The fraction of sp³-hybridized carbons (Fsp3) is 0.316. The molecule has 7 heteroatoms. The summed E-state index contributed by atoms with van der Waals surface area (Å²) in [6, 6.07) is 8.07. The van der Waals surface area contributed by atoms with Gasteiger partial charge in [0.2, 0.25) is 0 Å². The van der Waals surface area contributed by atoms with Crippen LogP contribution in [0.2, 0.25) is 0 Å². The first-order valence-electron chi connectivity index (χ1n) is 8.33. The van der Waals surface area contributed by atoms with E-state index in [0.717, 1.165) is 6.42 Å². The lowest BCUT2D eigenvalue weighted by atomic mass is 10.1. The van der Waals surface area contributed by atoms with Gasteiger partial charge >= 0.3 is 5.97 Å². The molecule has 1 atom stereocenters. The van der Waals surface area contributed by atoms with Crippen LogP contribution < -0.4 is 10.6 Å². The normalized spacial score (nSPS) is 11.5. The molecule has 0 saturated heterocycles. The molecular formula is C19H22N2O5. The number of hydrogen-bond donors (Lipinski definition) is 2. The third-order valence-electron chi connectivity index (χ3n) is 3.83. The Kier molecular flexibility index (Phi) is 6.54. The second kappa shape index (κ2) is 8.84. The molecule has 0 radical (unpaired) electrons. The molecule has 0 spiro atoms. The fourth-order valence-electron chi connectivity index (χ4n) is 2.21. The van der Waals surface area contributed by atoms with Crippen LogP contribution in [0.1, 0.15) is 46.7 Å². The summed E-state index contributed by atoms with van der Waals surface area (Å²) in [6.45, 7) is 5.17. The zero-order valence-corrected chi connectivity index (χ0v) is 15.0. The van der Waals surface area contributed by atoms with Crippen LogP contribution in [0, 0.1) is 6.92 Å². The predicted molar refractivity (Wildman–Crippen MR) is 96.0 cm³/mol. The molecule has 2 rings (SSSR count). The van der Waals surface area contributed by atoms with Crippen LogP contribution in [0.15, 0.2) is 41.0 Å². The number of carbonyl (C=O) groups is 3. The summed E-state index contributed by atoms with van der Waals surface area (Å²) in [6.07, 6.45) is 2.17. The minimum atomic E-state index is -0.692. The highest BCUT2D eigenvalue weighted by Crippen LogP contribution is 2.22. The van der Waals surface area contributed by atoms with Crippen LogP contribution in [0.4, 0.5) is 5.69 Å². The minimum absolute atomic E-state index is 0.00307. The minimum Gasteiger partial charge on any atom is -0.459 e. The van der Waals surface area contributed by atoms with E-state index < -0.39 is 11.9 Å². The topological polar surface area (TPSA) is 97.6 Å². The average molecular weight is 358 g/mol. The molecule has 26 heavy (non-hydrogen) atoms. The van der Waals surface area contributed by atoms with E-state index in [1.807, 2.05) is 13.8 Å². The van der Waals surface area contributed by atoms with E-state index in [4.69, 9.17) is 9.15 Å². The standard InChI is InChI=1S/C19H22N2O5/c1-4-13(3)20-16(22)11-26-19(24)14-8-5-7-12(2)17(14)21-18(23)15-9-6-10-25-15/h5-10,13H,4,11H2,1-3H3,(H,20,22)(H,21,23)/t13-/m1/s1. The van der Waals surface area contributed by atoms with Crippen LogP contribution in [0.25, 0.3) is 0 Å². The first-order chi connectivity index (χ1) is 12.4. The summed E-state index contributed by atoms with van der Waals surface area (Å²) >= 11 is 0. The summed E-state index contributed by atoms with van der Waals surface area (Å²) in [7, 11) is 0. The van der Waals surface area contributed by atoms with E-state index in [0.29, 0.717) is 11.3 Å². The predicted octanol–water partition coefficient (Wildman–Crippen LogP) is 2.91. The number of aryl methyl sites for hydroxylation is 1. The lowest BCUT2D eigenvalue weighted by Gasteiger charge is -2.14. The highest BCUT2D eigenvalue weighted by atomic mass is 16.5. The van der Waals surface area contributed by atoms with E-state index >= 15 is 0 Å². The van der Waals surface area contributed by atoms with Crippen molar-refractivity contribution in [1.82, 2.24) is 5.32 Å². The number of esters is 1. The Morgan fingerprint density at radius 2 is 1.96 bits per heavy atom. The summed E-state index contributed by atoms with van der Waals surface area (Å²) < 4.78 is 10.1. The second-order valence-electron chi connectivity index (χ2n) is 5.88. The molecule has 0 unspecified atom stereocenters. The van der Waals surface area contributed by atoms with Gasteiger partial charge in [-0.2, -0.15) is 0 Å². The van der Waals surface area contributed by atoms with Gasteiger partial charge in [0.25, 0.3) is 11.8 Å². The Morgan fingerprint density at radius 3 is 2.62 bits per heavy atom. The highest BCUT2D eigenvalue weighted by molar-refractivity contribution is 6.07. The molecular weight excluding hydrogens is 336 g/mol. The maximum absolute atomic E-state index is 12.4. The maximum Gasteiger partial charge on any atom is 0.340 e. The van der Waals surface area contributed by atoms with E-state index in [-0.39, 0.29) is 29.9 Å². The van der Waals surface area contributed by atoms with Crippen LogP contribution in [0.5, 0.6) is 0 Å². The highest BCUT2D eigenvalue weighted by Gasteiger charge is 2.19. The Hall–Kier alpha value is -3.09. The van der Waals surface area contributed by atoms with Gasteiger partial charge in [0, 0.05) is 6.04 Å². The maximum atomic E-state index is 12.4. The van der Waals surface area contributed by atoms with Gasteiger partial charge in [0.05, 0.1) is 17.5 Å².